The molecule has 0 aliphatic rings. The fraction of sp³-hybridized carbons (Fsp3) is 0.179. The van der Waals surface area contributed by atoms with Gasteiger partial charge in [-0.25, -0.2) is 0 Å². The number of hydrogen-bond donors (Lipinski definition) is 0. The predicted octanol–water partition coefficient (Wildman–Crippen LogP) is 13.8. The van der Waals surface area contributed by atoms with E-state index < -0.39 is 0 Å². The largest absolute Gasteiger partial charge is 0.497 e. The van der Waals surface area contributed by atoms with Gasteiger partial charge in [-0.2, -0.15) is 0 Å². The van der Waals surface area contributed by atoms with E-state index in [2.05, 4.69) is 129 Å². The summed E-state index contributed by atoms with van der Waals surface area (Å²) in [5.74, 6) is 2.47. The van der Waals surface area contributed by atoms with Gasteiger partial charge in [-0.3, -0.25) is 9.59 Å². The van der Waals surface area contributed by atoms with Gasteiger partial charge in [0.05, 0.1) is 14.2 Å². The molecule has 0 amide bonds. The molecule has 0 saturated carbocycles. The summed E-state index contributed by atoms with van der Waals surface area (Å²) in [6, 6.07) is 57.3. The molecular weight excluding hydrogens is 783 g/mol. The summed E-state index contributed by atoms with van der Waals surface area (Å²) in [6.07, 6.45) is 4.34. The van der Waals surface area contributed by atoms with E-state index in [1.54, 1.807) is 14.2 Å². The number of hydrogen-bond acceptors (Lipinski definition) is 7. The highest BCUT2D eigenvalue weighted by atomic mass is 16.5. The van der Waals surface area contributed by atoms with E-state index in [0.717, 1.165) is 63.7 Å². The molecule has 0 heterocycles. The highest BCUT2D eigenvalue weighted by Crippen LogP contribution is 2.36. The minimum absolute atomic E-state index is 0.298. The Balaban J connectivity index is 0.000000253. The number of anilines is 3. The maximum atomic E-state index is 11.4. The van der Waals surface area contributed by atoms with Crippen LogP contribution >= 0.6 is 0 Å². The van der Waals surface area contributed by atoms with Crippen molar-refractivity contribution < 1.29 is 28.5 Å². The van der Waals surface area contributed by atoms with Crippen molar-refractivity contribution in [2.24, 2.45) is 0 Å². The molecule has 320 valence electrons. The van der Waals surface area contributed by atoms with Crippen molar-refractivity contribution in [1.29, 1.82) is 0 Å². The van der Waals surface area contributed by atoms with Crippen LogP contribution in [0.1, 0.15) is 78.5 Å². The number of carbonyl (C=O) groups excluding carboxylic acids is 2. The maximum Gasteiger partial charge on any atom is 0.308 e. The number of ether oxygens (including phenoxy) is 4. The van der Waals surface area contributed by atoms with Gasteiger partial charge in [0, 0.05) is 36.8 Å². The zero-order valence-electron chi connectivity index (χ0n) is 37.1. The summed E-state index contributed by atoms with van der Waals surface area (Å²) >= 11 is 0. The van der Waals surface area contributed by atoms with Crippen molar-refractivity contribution in [2.45, 2.75) is 53.4 Å². The normalized spacial score (nSPS) is 11.4. The molecule has 0 N–H and O–H groups in total. The molecular formula is C56H55NO6. The Bertz CT molecular complexity index is 2520. The van der Waals surface area contributed by atoms with E-state index >= 15 is 0 Å². The summed E-state index contributed by atoms with van der Waals surface area (Å²) in [5.41, 5.74) is 12.4. The molecule has 63 heavy (non-hydrogen) atoms. The molecule has 7 rings (SSSR count). The van der Waals surface area contributed by atoms with Crippen molar-refractivity contribution in [3.05, 3.63) is 209 Å². The summed E-state index contributed by atoms with van der Waals surface area (Å²) < 4.78 is 20.9. The molecule has 7 aromatic carbocycles. The lowest BCUT2D eigenvalue weighted by Crippen LogP contribution is -2.09. The zero-order valence-corrected chi connectivity index (χ0v) is 37.1. The van der Waals surface area contributed by atoms with Crippen LogP contribution < -0.4 is 23.8 Å². The molecule has 0 spiro atoms. The molecule has 7 nitrogen and oxygen atoms in total. The summed E-state index contributed by atoms with van der Waals surface area (Å²) in [5, 5.41) is 0. The Morgan fingerprint density at radius 2 is 0.841 bits per heavy atom. The number of esters is 2. The Hall–Kier alpha value is -7.38. The monoisotopic (exact) mass is 837 g/mol. The van der Waals surface area contributed by atoms with Gasteiger partial charge in [-0.1, -0.05) is 109 Å². The number of methoxy groups -OCH3 is 2. The van der Waals surface area contributed by atoms with Crippen molar-refractivity contribution >= 4 is 40.6 Å². The smallest absolute Gasteiger partial charge is 0.308 e. The van der Waals surface area contributed by atoms with Crippen molar-refractivity contribution in [3.63, 3.8) is 0 Å². The molecule has 1 atom stereocenters. The van der Waals surface area contributed by atoms with Gasteiger partial charge in [-0.15, -0.1) is 0 Å². The zero-order chi connectivity index (χ0) is 44.7. The Labute approximate surface area is 372 Å². The first-order valence-corrected chi connectivity index (χ1v) is 21.1. The summed E-state index contributed by atoms with van der Waals surface area (Å²) in [6.45, 7) is 9.20. The van der Waals surface area contributed by atoms with E-state index in [4.69, 9.17) is 18.9 Å². The molecule has 0 bridgehead atoms. The van der Waals surface area contributed by atoms with Gasteiger partial charge >= 0.3 is 11.9 Å². The average Bonchev–Trinajstić information content (AvgIpc) is 3.30. The molecule has 0 saturated heterocycles. The van der Waals surface area contributed by atoms with E-state index in [0.29, 0.717) is 17.4 Å². The predicted molar refractivity (Wildman–Crippen MR) is 256 cm³/mol. The van der Waals surface area contributed by atoms with Gasteiger partial charge in [0.15, 0.2) is 0 Å². The van der Waals surface area contributed by atoms with Crippen LogP contribution in [0.3, 0.4) is 0 Å². The van der Waals surface area contributed by atoms with Gasteiger partial charge < -0.3 is 23.8 Å². The molecule has 0 aliphatic carbocycles. The van der Waals surface area contributed by atoms with Gasteiger partial charge in [0.1, 0.15) is 23.0 Å². The number of benzene rings is 7. The third kappa shape index (κ3) is 12.6. The minimum atomic E-state index is -0.339. The van der Waals surface area contributed by atoms with Crippen LogP contribution in [-0.2, 0) is 9.59 Å². The molecule has 7 heteroatoms. The minimum Gasteiger partial charge on any atom is -0.497 e. The first-order valence-electron chi connectivity index (χ1n) is 21.1. The van der Waals surface area contributed by atoms with Crippen LogP contribution in [-0.4, -0.2) is 26.2 Å². The Kier molecular flexibility index (Phi) is 15.7. The molecule has 0 aromatic heterocycles. The van der Waals surface area contributed by atoms with Crippen LogP contribution in [0, 0.1) is 13.8 Å². The molecule has 1 unspecified atom stereocenters. The highest BCUT2D eigenvalue weighted by molar-refractivity contribution is 5.92. The van der Waals surface area contributed by atoms with Crippen molar-refractivity contribution in [3.8, 4) is 23.0 Å². The lowest BCUT2D eigenvalue weighted by atomic mass is 9.87. The second-order valence-corrected chi connectivity index (χ2v) is 15.3. The molecule has 0 aliphatic heterocycles. The standard InChI is InChI=1S/C37H33NO3.C19H22O3/c1-26-5-15-32(16-6-26)38(33-17-7-27(2)8-18-33)34-19-9-29(10-20-34)25-37(30-11-21-35(40-4)22-12-30)31-13-23-36(24-14-31)41-28(3)39;1-4-5-19(15-6-10-17(21-3)11-7-15)16-8-12-18(13-9-16)22-14(2)20/h5-25H,1-4H3;6-13,19H,4-5H2,1-3H3. The van der Waals surface area contributed by atoms with E-state index in [1.807, 2.05) is 72.8 Å². The van der Waals surface area contributed by atoms with E-state index in [-0.39, 0.29) is 11.9 Å². The van der Waals surface area contributed by atoms with Crippen LogP contribution in [0.2, 0.25) is 0 Å². The molecule has 7 aromatic rings. The highest BCUT2D eigenvalue weighted by Gasteiger charge is 2.15. The van der Waals surface area contributed by atoms with E-state index in [9.17, 15) is 9.59 Å². The Morgan fingerprint density at radius 1 is 0.492 bits per heavy atom. The number of nitrogens with zero attached hydrogens (tertiary/aromatic N) is 1. The maximum absolute atomic E-state index is 11.4. The molecule has 0 fully saturated rings. The van der Waals surface area contributed by atoms with Crippen LogP contribution in [0.4, 0.5) is 17.1 Å². The summed E-state index contributed by atoms with van der Waals surface area (Å²) in [4.78, 5) is 24.6. The SMILES string of the molecule is CCCC(c1ccc(OC)cc1)c1ccc(OC(C)=O)cc1.COc1ccc(C(=Cc2ccc(N(c3ccc(C)cc3)c3ccc(C)cc3)cc2)c2ccc(OC(C)=O)cc2)cc1. The van der Waals surface area contributed by atoms with Crippen LogP contribution in [0.25, 0.3) is 11.6 Å². The number of aryl methyl sites for hydroxylation is 2. The average molecular weight is 838 g/mol. The van der Waals surface area contributed by atoms with Gasteiger partial charge in [0.25, 0.3) is 0 Å². The van der Waals surface area contributed by atoms with Crippen molar-refractivity contribution in [2.75, 3.05) is 19.1 Å². The molecule has 0 radical (unpaired) electrons. The third-order valence-electron chi connectivity index (χ3n) is 10.5. The quantitative estimate of drug-likeness (QED) is 0.0613. The van der Waals surface area contributed by atoms with Crippen LogP contribution in [0.5, 0.6) is 23.0 Å². The third-order valence-corrected chi connectivity index (χ3v) is 10.5. The fourth-order valence-electron chi connectivity index (χ4n) is 7.28. The van der Waals surface area contributed by atoms with Gasteiger partial charge in [-0.05, 0) is 145 Å². The second kappa shape index (κ2) is 21.9. The second-order valence-electron chi connectivity index (χ2n) is 15.3. The Morgan fingerprint density at radius 3 is 1.21 bits per heavy atom. The lowest BCUT2D eigenvalue weighted by Gasteiger charge is -2.26. The number of carbonyl (C=O) groups is 2. The topological polar surface area (TPSA) is 74.3 Å². The van der Waals surface area contributed by atoms with Crippen LogP contribution in [0.15, 0.2) is 170 Å². The van der Waals surface area contributed by atoms with Gasteiger partial charge in [0.2, 0.25) is 0 Å². The first kappa shape index (κ1) is 45.2. The first-order chi connectivity index (χ1) is 30.5. The summed E-state index contributed by atoms with van der Waals surface area (Å²) in [7, 11) is 3.34. The fourth-order valence-corrected chi connectivity index (χ4v) is 7.28. The number of rotatable bonds is 14. The van der Waals surface area contributed by atoms with E-state index in [1.165, 1.54) is 36.1 Å². The lowest BCUT2D eigenvalue weighted by molar-refractivity contribution is -0.132. The van der Waals surface area contributed by atoms with Crippen molar-refractivity contribution in [1.82, 2.24) is 0 Å².